The number of halogens is 1. The maximum atomic E-state index is 11.8. The van der Waals surface area contributed by atoms with Crippen LogP contribution in [0.3, 0.4) is 0 Å². The fourth-order valence-electron chi connectivity index (χ4n) is 2.57. The number of rotatable bonds is 2. The Kier molecular flexibility index (Phi) is 4.25. The molecule has 1 heterocycles. The summed E-state index contributed by atoms with van der Waals surface area (Å²) in [7, 11) is 0. The van der Waals surface area contributed by atoms with E-state index in [-0.39, 0.29) is 11.9 Å². The van der Waals surface area contributed by atoms with Crippen LogP contribution in [0.2, 0.25) is 5.02 Å². The average molecular weight is 267 g/mol. The number of hydrogen-bond donors (Lipinski definition) is 1. The van der Waals surface area contributed by atoms with E-state index >= 15 is 0 Å². The molecule has 2 atom stereocenters. The summed E-state index contributed by atoms with van der Waals surface area (Å²) < 4.78 is 0. The second-order valence-electron chi connectivity index (χ2n) is 4.90. The van der Waals surface area contributed by atoms with Gasteiger partial charge in [-0.3, -0.25) is 4.79 Å². The highest BCUT2D eigenvalue weighted by molar-refractivity contribution is 6.30. The largest absolute Gasteiger partial charge is 0.341 e. The molecule has 1 fully saturated rings. The van der Waals surface area contributed by atoms with Crippen molar-refractivity contribution in [3.8, 4) is 0 Å². The quantitative estimate of drug-likeness (QED) is 0.893. The van der Waals surface area contributed by atoms with Crippen molar-refractivity contribution in [1.82, 2.24) is 4.90 Å². The first-order valence-electron chi connectivity index (χ1n) is 6.39. The number of likely N-dealkylation sites (tertiary alicyclic amines) is 1. The Bertz CT molecular complexity index is 436. The van der Waals surface area contributed by atoms with Gasteiger partial charge in [0.1, 0.15) is 0 Å². The summed E-state index contributed by atoms with van der Waals surface area (Å²) in [4.78, 5) is 13.7. The topological polar surface area (TPSA) is 46.3 Å². The number of piperidine rings is 1. The molecule has 1 amide bonds. The van der Waals surface area contributed by atoms with Crippen molar-refractivity contribution in [3.63, 3.8) is 0 Å². The zero-order valence-corrected chi connectivity index (χ0v) is 11.4. The molecule has 2 N–H and O–H groups in total. The molecule has 0 aromatic heterocycles. The van der Waals surface area contributed by atoms with E-state index in [1.54, 1.807) is 0 Å². The number of hydrogen-bond acceptors (Lipinski definition) is 2. The molecule has 2 unspecified atom stereocenters. The summed E-state index contributed by atoms with van der Waals surface area (Å²) in [6.07, 6.45) is 1.45. The molecular weight excluding hydrogens is 248 g/mol. The normalized spacial score (nSPS) is 24.1. The van der Waals surface area contributed by atoms with Gasteiger partial charge in [-0.15, -0.1) is 0 Å². The third-order valence-corrected chi connectivity index (χ3v) is 3.69. The minimum absolute atomic E-state index is 0.0539. The van der Waals surface area contributed by atoms with Crippen molar-refractivity contribution < 1.29 is 4.79 Å². The Morgan fingerprint density at radius 2 is 2.28 bits per heavy atom. The molecule has 0 aliphatic carbocycles. The van der Waals surface area contributed by atoms with Crippen LogP contribution in [0.1, 0.15) is 31.2 Å². The number of nitrogens with two attached hydrogens (primary N) is 1. The summed E-state index contributed by atoms with van der Waals surface area (Å²) in [6, 6.07) is 7.90. The zero-order valence-electron chi connectivity index (χ0n) is 10.6. The Morgan fingerprint density at radius 1 is 1.50 bits per heavy atom. The van der Waals surface area contributed by atoms with Gasteiger partial charge in [0.2, 0.25) is 5.91 Å². The smallest absolute Gasteiger partial charge is 0.222 e. The van der Waals surface area contributed by atoms with Crippen LogP contribution < -0.4 is 5.73 Å². The van der Waals surface area contributed by atoms with E-state index in [2.05, 4.69) is 6.07 Å². The van der Waals surface area contributed by atoms with Crippen LogP contribution in [0.4, 0.5) is 0 Å². The highest BCUT2D eigenvalue weighted by Gasteiger charge is 2.28. The van der Waals surface area contributed by atoms with Gasteiger partial charge in [-0.25, -0.2) is 0 Å². The maximum absolute atomic E-state index is 11.8. The van der Waals surface area contributed by atoms with E-state index in [1.165, 1.54) is 5.56 Å². The molecule has 2 rings (SSSR count). The van der Waals surface area contributed by atoms with Crippen LogP contribution in [0, 0.1) is 0 Å². The molecule has 18 heavy (non-hydrogen) atoms. The van der Waals surface area contributed by atoms with Crippen molar-refractivity contribution in [3.05, 3.63) is 34.9 Å². The van der Waals surface area contributed by atoms with Crippen LogP contribution in [0.25, 0.3) is 0 Å². The SMILES string of the molecule is CCC(=O)N1CC(N)CC(c2cccc(Cl)c2)C1. The highest BCUT2D eigenvalue weighted by Crippen LogP contribution is 2.28. The Morgan fingerprint density at radius 3 is 2.94 bits per heavy atom. The third-order valence-electron chi connectivity index (χ3n) is 3.46. The Hall–Kier alpha value is -1.06. The molecule has 1 aliphatic heterocycles. The number of carbonyl (C=O) groups excluding carboxylic acids is 1. The van der Waals surface area contributed by atoms with Gasteiger partial charge < -0.3 is 10.6 Å². The van der Waals surface area contributed by atoms with E-state index in [0.29, 0.717) is 18.9 Å². The van der Waals surface area contributed by atoms with E-state index in [1.807, 2.05) is 30.0 Å². The van der Waals surface area contributed by atoms with Crippen LogP contribution >= 0.6 is 11.6 Å². The highest BCUT2D eigenvalue weighted by atomic mass is 35.5. The van der Waals surface area contributed by atoms with Crippen LogP contribution in [0.15, 0.2) is 24.3 Å². The van der Waals surface area contributed by atoms with Gasteiger partial charge in [0.05, 0.1) is 0 Å². The summed E-state index contributed by atoms with van der Waals surface area (Å²) >= 11 is 6.01. The molecule has 1 aliphatic rings. The summed E-state index contributed by atoms with van der Waals surface area (Å²) in [5.41, 5.74) is 7.23. The third kappa shape index (κ3) is 3.03. The Balaban J connectivity index is 2.15. The van der Waals surface area contributed by atoms with Crippen LogP contribution in [-0.4, -0.2) is 29.9 Å². The van der Waals surface area contributed by atoms with Gasteiger partial charge >= 0.3 is 0 Å². The first-order valence-corrected chi connectivity index (χ1v) is 6.76. The first-order chi connectivity index (χ1) is 8.60. The second-order valence-corrected chi connectivity index (χ2v) is 5.34. The van der Waals surface area contributed by atoms with Crippen molar-refractivity contribution in [1.29, 1.82) is 0 Å². The van der Waals surface area contributed by atoms with E-state index in [4.69, 9.17) is 17.3 Å². The van der Waals surface area contributed by atoms with E-state index in [9.17, 15) is 4.79 Å². The molecule has 1 aromatic rings. The molecule has 1 aromatic carbocycles. The lowest BCUT2D eigenvalue weighted by Gasteiger charge is -2.36. The van der Waals surface area contributed by atoms with Crippen molar-refractivity contribution in [2.75, 3.05) is 13.1 Å². The molecule has 0 spiro atoms. The van der Waals surface area contributed by atoms with Gasteiger partial charge in [-0.05, 0) is 24.1 Å². The molecule has 4 heteroatoms. The lowest BCUT2D eigenvalue weighted by Crippen LogP contribution is -2.48. The van der Waals surface area contributed by atoms with Gasteiger partial charge in [0.25, 0.3) is 0 Å². The minimum Gasteiger partial charge on any atom is -0.341 e. The first kappa shape index (κ1) is 13.4. The number of amides is 1. The summed E-state index contributed by atoms with van der Waals surface area (Å²) in [6.45, 7) is 3.31. The molecule has 0 bridgehead atoms. The second kappa shape index (κ2) is 5.72. The monoisotopic (exact) mass is 266 g/mol. The minimum atomic E-state index is 0.0539. The van der Waals surface area contributed by atoms with Crippen molar-refractivity contribution in [2.24, 2.45) is 5.73 Å². The molecule has 3 nitrogen and oxygen atoms in total. The van der Waals surface area contributed by atoms with Gasteiger partial charge in [-0.2, -0.15) is 0 Å². The van der Waals surface area contributed by atoms with E-state index < -0.39 is 0 Å². The average Bonchev–Trinajstić information content (AvgIpc) is 2.37. The zero-order chi connectivity index (χ0) is 13.1. The number of carbonyl (C=O) groups is 1. The fraction of sp³-hybridized carbons (Fsp3) is 0.500. The predicted octanol–water partition coefficient (Wildman–Crippen LogP) is 2.39. The Labute approximate surface area is 113 Å². The molecule has 1 saturated heterocycles. The van der Waals surface area contributed by atoms with Gasteiger partial charge in [-0.1, -0.05) is 30.7 Å². The molecule has 0 saturated carbocycles. The standard InChI is InChI=1S/C14H19ClN2O/c1-2-14(18)17-8-11(7-13(16)9-17)10-4-3-5-12(15)6-10/h3-6,11,13H,2,7-9,16H2,1H3. The number of nitrogens with zero attached hydrogens (tertiary/aromatic N) is 1. The van der Waals surface area contributed by atoms with Gasteiger partial charge in [0.15, 0.2) is 0 Å². The van der Waals surface area contributed by atoms with Crippen LogP contribution in [0.5, 0.6) is 0 Å². The number of benzene rings is 1. The summed E-state index contributed by atoms with van der Waals surface area (Å²) in [5, 5.41) is 0.736. The molecule has 0 radical (unpaired) electrons. The van der Waals surface area contributed by atoms with Gasteiger partial charge in [0, 0.05) is 36.5 Å². The van der Waals surface area contributed by atoms with Crippen LogP contribution in [-0.2, 0) is 4.79 Å². The van der Waals surface area contributed by atoms with E-state index in [0.717, 1.165) is 18.0 Å². The molecular formula is C14H19ClN2O. The molecule has 98 valence electrons. The predicted molar refractivity (Wildman–Crippen MR) is 73.7 cm³/mol. The maximum Gasteiger partial charge on any atom is 0.222 e. The fourth-order valence-corrected chi connectivity index (χ4v) is 2.77. The van der Waals surface area contributed by atoms with Crippen molar-refractivity contribution >= 4 is 17.5 Å². The summed E-state index contributed by atoms with van der Waals surface area (Å²) in [5.74, 6) is 0.472. The lowest BCUT2D eigenvalue weighted by molar-refractivity contribution is -0.132. The lowest BCUT2D eigenvalue weighted by atomic mass is 9.88. The van der Waals surface area contributed by atoms with Crippen molar-refractivity contribution in [2.45, 2.75) is 31.7 Å².